The molecule has 0 radical (unpaired) electrons. The number of nitro benzene ring substituents is 1. The van der Waals surface area contributed by atoms with Gasteiger partial charge in [-0.1, -0.05) is 18.2 Å². The van der Waals surface area contributed by atoms with Crippen molar-refractivity contribution in [3.05, 3.63) is 64.2 Å². The normalized spacial score (nSPS) is 17.5. The highest BCUT2D eigenvalue weighted by molar-refractivity contribution is 7.88. The van der Waals surface area contributed by atoms with E-state index in [1.807, 2.05) is 6.07 Å². The average molecular weight is 419 g/mol. The van der Waals surface area contributed by atoms with Gasteiger partial charge in [-0.15, -0.1) is 0 Å². The van der Waals surface area contributed by atoms with E-state index in [4.69, 9.17) is 4.74 Å². The number of non-ortho nitro benzene ring substituents is 1. The molecule has 1 atom stereocenters. The molecular formula is C19H21N3O6S. The highest BCUT2D eigenvalue weighted by Crippen LogP contribution is 2.29. The van der Waals surface area contributed by atoms with E-state index in [-0.39, 0.29) is 23.5 Å². The van der Waals surface area contributed by atoms with Crippen LogP contribution in [0.25, 0.3) is 0 Å². The van der Waals surface area contributed by atoms with Crippen LogP contribution in [0, 0.1) is 10.1 Å². The minimum atomic E-state index is -3.36. The molecule has 0 aromatic heterocycles. The number of para-hydroxylation sites is 1. The minimum Gasteiger partial charge on any atom is -0.457 e. The maximum atomic E-state index is 12.9. The first-order valence-electron chi connectivity index (χ1n) is 9.01. The van der Waals surface area contributed by atoms with Gasteiger partial charge in [0.25, 0.3) is 11.6 Å². The van der Waals surface area contributed by atoms with Crippen LogP contribution in [-0.2, 0) is 10.0 Å². The van der Waals surface area contributed by atoms with E-state index in [1.165, 1.54) is 16.4 Å². The lowest BCUT2D eigenvalue weighted by atomic mass is 10.1. The molecule has 29 heavy (non-hydrogen) atoms. The summed E-state index contributed by atoms with van der Waals surface area (Å²) < 4.78 is 30.6. The third-order valence-corrected chi connectivity index (χ3v) is 5.85. The second kappa shape index (κ2) is 8.58. The van der Waals surface area contributed by atoms with E-state index in [1.54, 1.807) is 24.3 Å². The number of nitrogens with one attached hydrogen (secondary N) is 1. The number of carbonyl (C=O) groups is 1. The molecule has 1 N–H and O–H groups in total. The molecule has 9 nitrogen and oxygen atoms in total. The predicted molar refractivity (Wildman–Crippen MR) is 107 cm³/mol. The Morgan fingerprint density at radius 1 is 1.24 bits per heavy atom. The number of nitro groups is 1. The summed E-state index contributed by atoms with van der Waals surface area (Å²) >= 11 is 0. The number of benzene rings is 2. The van der Waals surface area contributed by atoms with Crippen molar-refractivity contribution < 1.29 is 22.9 Å². The summed E-state index contributed by atoms with van der Waals surface area (Å²) in [5.41, 5.74) is -0.225. The molecule has 0 aliphatic carbocycles. The predicted octanol–water partition coefficient (Wildman–Crippen LogP) is 2.54. The average Bonchev–Trinajstić information content (AvgIpc) is 2.68. The van der Waals surface area contributed by atoms with Crippen molar-refractivity contribution >= 4 is 21.6 Å². The summed E-state index contributed by atoms with van der Waals surface area (Å²) in [6.07, 6.45) is 2.35. The Morgan fingerprint density at radius 3 is 2.62 bits per heavy atom. The van der Waals surface area contributed by atoms with Gasteiger partial charge in [0.15, 0.2) is 0 Å². The highest BCUT2D eigenvalue weighted by Gasteiger charge is 2.28. The Morgan fingerprint density at radius 2 is 1.97 bits per heavy atom. The van der Waals surface area contributed by atoms with Crippen LogP contribution in [0.4, 0.5) is 5.69 Å². The standard InChI is InChI=1S/C19H21N3O6S/c1-29(26,27)21-11-5-6-14(13-21)20-19(23)17-12-15(22(24)25)9-10-18(17)28-16-7-3-2-4-8-16/h2-4,7-10,12,14H,5-6,11,13H2,1H3,(H,20,23)/t14-/m0/s1. The molecule has 10 heteroatoms. The van der Waals surface area contributed by atoms with Crippen LogP contribution in [-0.4, -0.2) is 48.9 Å². The fourth-order valence-corrected chi connectivity index (χ4v) is 4.05. The molecule has 1 saturated heterocycles. The van der Waals surface area contributed by atoms with Gasteiger partial charge < -0.3 is 10.1 Å². The molecular weight excluding hydrogens is 398 g/mol. The molecule has 154 valence electrons. The summed E-state index contributed by atoms with van der Waals surface area (Å²) in [5, 5.41) is 13.9. The van der Waals surface area contributed by atoms with Crippen molar-refractivity contribution in [2.75, 3.05) is 19.3 Å². The maximum absolute atomic E-state index is 12.9. The highest BCUT2D eigenvalue weighted by atomic mass is 32.2. The van der Waals surface area contributed by atoms with Crippen LogP contribution in [0.2, 0.25) is 0 Å². The molecule has 3 rings (SSSR count). The molecule has 2 aromatic rings. The molecule has 2 aromatic carbocycles. The third kappa shape index (κ3) is 5.30. The minimum absolute atomic E-state index is 0.0135. The monoisotopic (exact) mass is 419 g/mol. The van der Waals surface area contributed by atoms with E-state index < -0.39 is 26.9 Å². The molecule has 1 amide bonds. The van der Waals surface area contributed by atoms with Gasteiger partial charge in [0.1, 0.15) is 11.5 Å². The van der Waals surface area contributed by atoms with E-state index in [2.05, 4.69) is 5.32 Å². The SMILES string of the molecule is CS(=O)(=O)N1CCC[C@H](NC(=O)c2cc([N+](=O)[O-])ccc2Oc2ccccc2)C1. The molecule has 1 fully saturated rings. The summed E-state index contributed by atoms with van der Waals surface area (Å²) in [5.74, 6) is 0.103. The molecule has 0 unspecified atom stereocenters. The Kier molecular flexibility index (Phi) is 6.14. The van der Waals surface area contributed by atoms with Crippen molar-refractivity contribution in [2.24, 2.45) is 0 Å². The van der Waals surface area contributed by atoms with E-state index in [0.717, 1.165) is 12.3 Å². The van der Waals surface area contributed by atoms with Crippen molar-refractivity contribution in [3.8, 4) is 11.5 Å². The number of piperidine rings is 1. The Labute approximate surface area is 168 Å². The lowest BCUT2D eigenvalue weighted by molar-refractivity contribution is -0.384. The van der Waals surface area contributed by atoms with Crippen molar-refractivity contribution in [1.29, 1.82) is 0 Å². The Hall–Kier alpha value is -2.98. The van der Waals surface area contributed by atoms with Gasteiger partial charge >= 0.3 is 0 Å². The molecule has 1 heterocycles. The smallest absolute Gasteiger partial charge is 0.270 e. The van der Waals surface area contributed by atoms with Gasteiger partial charge in [-0.25, -0.2) is 12.7 Å². The Bertz CT molecular complexity index is 1010. The van der Waals surface area contributed by atoms with E-state index >= 15 is 0 Å². The van der Waals surface area contributed by atoms with Crippen LogP contribution in [0.3, 0.4) is 0 Å². The quantitative estimate of drug-likeness (QED) is 0.568. The first-order valence-corrected chi connectivity index (χ1v) is 10.9. The second-order valence-electron chi connectivity index (χ2n) is 6.79. The van der Waals surface area contributed by atoms with Crippen LogP contribution in [0.1, 0.15) is 23.2 Å². The molecule has 1 aliphatic heterocycles. The largest absolute Gasteiger partial charge is 0.457 e. The van der Waals surface area contributed by atoms with E-state index in [9.17, 15) is 23.3 Å². The fraction of sp³-hybridized carbons (Fsp3) is 0.316. The number of sulfonamides is 1. The van der Waals surface area contributed by atoms with Crippen LogP contribution in [0.5, 0.6) is 11.5 Å². The number of carbonyl (C=O) groups excluding carboxylic acids is 1. The van der Waals surface area contributed by atoms with Gasteiger partial charge in [0, 0.05) is 31.3 Å². The zero-order valence-corrected chi connectivity index (χ0v) is 16.6. The number of hydrogen-bond acceptors (Lipinski definition) is 6. The topological polar surface area (TPSA) is 119 Å². The molecule has 0 bridgehead atoms. The zero-order chi connectivity index (χ0) is 21.0. The van der Waals surface area contributed by atoms with Crippen molar-refractivity contribution in [2.45, 2.75) is 18.9 Å². The number of ether oxygens (including phenoxy) is 1. The summed E-state index contributed by atoms with van der Waals surface area (Å²) in [4.78, 5) is 23.4. The first kappa shape index (κ1) is 20.7. The van der Waals surface area contributed by atoms with Gasteiger partial charge in [-0.3, -0.25) is 14.9 Å². The van der Waals surface area contributed by atoms with Crippen molar-refractivity contribution in [3.63, 3.8) is 0 Å². The van der Waals surface area contributed by atoms with Crippen LogP contribution >= 0.6 is 0 Å². The lowest BCUT2D eigenvalue weighted by Gasteiger charge is -2.31. The summed E-state index contributed by atoms with van der Waals surface area (Å²) in [6.45, 7) is 0.568. The molecule has 1 aliphatic rings. The van der Waals surface area contributed by atoms with Crippen LogP contribution in [0.15, 0.2) is 48.5 Å². The number of nitrogens with zero attached hydrogens (tertiary/aromatic N) is 2. The summed E-state index contributed by atoms with van der Waals surface area (Å²) in [7, 11) is -3.36. The first-order chi connectivity index (χ1) is 13.7. The number of hydrogen-bond donors (Lipinski definition) is 1. The third-order valence-electron chi connectivity index (χ3n) is 4.58. The zero-order valence-electron chi connectivity index (χ0n) is 15.8. The van der Waals surface area contributed by atoms with Gasteiger partial charge in [-0.2, -0.15) is 0 Å². The second-order valence-corrected chi connectivity index (χ2v) is 8.77. The lowest BCUT2D eigenvalue weighted by Crippen LogP contribution is -2.49. The van der Waals surface area contributed by atoms with E-state index in [0.29, 0.717) is 25.1 Å². The fourth-order valence-electron chi connectivity index (χ4n) is 3.14. The van der Waals surface area contributed by atoms with Gasteiger partial charge in [0.05, 0.1) is 16.7 Å². The van der Waals surface area contributed by atoms with Crippen LogP contribution < -0.4 is 10.1 Å². The molecule has 0 saturated carbocycles. The van der Waals surface area contributed by atoms with Crippen molar-refractivity contribution in [1.82, 2.24) is 9.62 Å². The molecule has 0 spiro atoms. The maximum Gasteiger partial charge on any atom is 0.270 e. The Balaban J connectivity index is 1.84. The van der Waals surface area contributed by atoms with Gasteiger partial charge in [0.2, 0.25) is 10.0 Å². The number of amides is 1. The van der Waals surface area contributed by atoms with Gasteiger partial charge in [-0.05, 0) is 31.0 Å². The summed E-state index contributed by atoms with van der Waals surface area (Å²) in [6, 6.07) is 12.2. The number of rotatable bonds is 6.